The van der Waals surface area contributed by atoms with Crippen molar-refractivity contribution in [3.05, 3.63) is 34.4 Å². The maximum Gasteiger partial charge on any atom is 0.292 e. The zero-order valence-corrected chi connectivity index (χ0v) is 16.6. The third-order valence-corrected chi connectivity index (χ3v) is 5.47. The second kappa shape index (κ2) is 10.3. The van der Waals surface area contributed by atoms with Gasteiger partial charge in [0.2, 0.25) is 5.91 Å². The smallest absolute Gasteiger partial charge is 0.292 e. The second-order valence-electron chi connectivity index (χ2n) is 7.00. The van der Waals surface area contributed by atoms with Gasteiger partial charge in [-0.3, -0.25) is 14.9 Å². The first-order valence-corrected chi connectivity index (χ1v) is 9.81. The van der Waals surface area contributed by atoms with Crippen LogP contribution >= 0.6 is 0 Å². The van der Waals surface area contributed by atoms with E-state index in [4.69, 9.17) is 4.74 Å². The summed E-state index contributed by atoms with van der Waals surface area (Å²) in [6.07, 6.45) is 3.30. The third-order valence-electron chi connectivity index (χ3n) is 5.47. The van der Waals surface area contributed by atoms with Crippen LogP contribution in [0.5, 0.6) is 0 Å². The molecule has 7 nitrogen and oxygen atoms in total. The summed E-state index contributed by atoms with van der Waals surface area (Å²) in [5.74, 6) is 0.171. The Bertz CT molecular complexity index is 625. The van der Waals surface area contributed by atoms with E-state index in [2.05, 4.69) is 13.8 Å². The van der Waals surface area contributed by atoms with E-state index in [-0.39, 0.29) is 28.5 Å². The molecule has 0 N–H and O–H groups in total. The summed E-state index contributed by atoms with van der Waals surface area (Å²) in [7, 11) is 1.65. The number of nitro groups is 1. The van der Waals surface area contributed by atoms with Crippen LogP contribution in [0.4, 0.5) is 11.4 Å². The minimum absolute atomic E-state index is 0.0264. The summed E-state index contributed by atoms with van der Waals surface area (Å²) in [6.45, 7) is 6.69. The maximum atomic E-state index is 13.1. The molecule has 1 fully saturated rings. The molecular formula is C20H31N3O4. The average molecular weight is 377 g/mol. The average Bonchev–Trinajstić information content (AvgIpc) is 2.70. The minimum Gasteiger partial charge on any atom is -0.383 e. The Morgan fingerprint density at radius 1 is 1.30 bits per heavy atom. The number of hydrogen-bond acceptors (Lipinski definition) is 5. The molecule has 2 rings (SSSR count). The minimum atomic E-state index is -0.341. The molecule has 0 bridgehead atoms. The van der Waals surface area contributed by atoms with Crippen molar-refractivity contribution >= 4 is 17.3 Å². The summed E-state index contributed by atoms with van der Waals surface area (Å²) >= 11 is 0. The maximum absolute atomic E-state index is 13.1. The molecule has 1 amide bonds. The number of piperidine rings is 1. The van der Waals surface area contributed by atoms with Crippen LogP contribution in [0.15, 0.2) is 24.3 Å². The van der Waals surface area contributed by atoms with Gasteiger partial charge in [-0.25, -0.2) is 0 Å². The third kappa shape index (κ3) is 5.19. The lowest BCUT2D eigenvalue weighted by atomic mass is 9.93. The van der Waals surface area contributed by atoms with Crippen LogP contribution in [0.1, 0.15) is 39.5 Å². The molecule has 1 aliphatic heterocycles. The lowest BCUT2D eigenvalue weighted by Gasteiger charge is -2.37. The quantitative estimate of drug-likeness (QED) is 0.486. The molecule has 0 radical (unpaired) electrons. The zero-order valence-electron chi connectivity index (χ0n) is 16.6. The van der Waals surface area contributed by atoms with E-state index in [0.29, 0.717) is 44.8 Å². The van der Waals surface area contributed by atoms with Crippen molar-refractivity contribution < 1.29 is 14.5 Å². The van der Waals surface area contributed by atoms with Crippen molar-refractivity contribution in [1.82, 2.24) is 4.90 Å². The van der Waals surface area contributed by atoms with Gasteiger partial charge in [0.1, 0.15) is 5.69 Å². The molecule has 150 valence electrons. The molecule has 1 aromatic carbocycles. The van der Waals surface area contributed by atoms with Crippen LogP contribution in [-0.4, -0.2) is 55.1 Å². The molecule has 0 saturated carbocycles. The number of carbonyl (C=O) groups is 1. The molecule has 1 aliphatic rings. The van der Waals surface area contributed by atoms with Crippen LogP contribution in [0.3, 0.4) is 0 Å². The van der Waals surface area contributed by atoms with E-state index in [1.807, 2.05) is 15.9 Å². The summed E-state index contributed by atoms with van der Waals surface area (Å²) in [5, 5.41) is 11.3. The molecular weight excluding hydrogens is 346 g/mol. The van der Waals surface area contributed by atoms with Crippen LogP contribution in [0, 0.1) is 16.0 Å². The predicted octanol–water partition coefficient (Wildman–Crippen LogP) is 3.47. The molecule has 1 heterocycles. The molecule has 0 spiro atoms. The van der Waals surface area contributed by atoms with E-state index < -0.39 is 0 Å². The number of methoxy groups -OCH3 is 1. The first-order chi connectivity index (χ1) is 13.0. The lowest BCUT2D eigenvalue weighted by molar-refractivity contribution is -0.384. The number of carbonyl (C=O) groups excluding carboxylic acids is 1. The van der Waals surface area contributed by atoms with Gasteiger partial charge in [-0.15, -0.1) is 0 Å². The van der Waals surface area contributed by atoms with E-state index >= 15 is 0 Å². The fourth-order valence-corrected chi connectivity index (χ4v) is 3.88. The van der Waals surface area contributed by atoms with Gasteiger partial charge < -0.3 is 14.5 Å². The fourth-order valence-electron chi connectivity index (χ4n) is 3.88. The van der Waals surface area contributed by atoms with Crippen molar-refractivity contribution in [2.45, 2.75) is 45.6 Å². The van der Waals surface area contributed by atoms with Gasteiger partial charge in [-0.2, -0.15) is 0 Å². The molecule has 0 aliphatic carbocycles. The number of benzene rings is 1. The Labute approximate surface area is 161 Å². The number of nitro benzene ring substituents is 1. The van der Waals surface area contributed by atoms with Crippen molar-refractivity contribution in [2.24, 2.45) is 5.92 Å². The van der Waals surface area contributed by atoms with Gasteiger partial charge >= 0.3 is 0 Å². The largest absolute Gasteiger partial charge is 0.383 e. The van der Waals surface area contributed by atoms with E-state index in [9.17, 15) is 14.9 Å². The van der Waals surface area contributed by atoms with E-state index in [0.717, 1.165) is 12.8 Å². The molecule has 0 aromatic heterocycles. The second-order valence-corrected chi connectivity index (χ2v) is 7.00. The van der Waals surface area contributed by atoms with Crippen LogP contribution < -0.4 is 4.90 Å². The zero-order chi connectivity index (χ0) is 19.8. The number of hydrogen-bond donors (Lipinski definition) is 0. The number of ether oxygens (including phenoxy) is 1. The predicted molar refractivity (Wildman–Crippen MR) is 106 cm³/mol. The van der Waals surface area contributed by atoms with Crippen LogP contribution in [0.2, 0.25) is 0 Å². The Morgan fingerprint density at radius 2 is 1.93 bits per heavy atom. The summed E-state index contributed by atoms with van der Waals surface area (Å²) in [5.41, 5.74) is 0.769. The fraction of sp³-hybridized carbons (Fsp3) is 0.650. The topological polar surface area (TPSA) is 75.9 Å². The summed E-state index contributed by atoms with van der Waals surface area (Å²) < 4.78 is 5.19. The van der Waals surface area contributed by atoms with E-state index in [1.165, 1.54) is 6.07 Å². The molecule has 27 heavy (non-hydrogen) atoms. The van der Waals surface area contributed by atoms with Crippen LogP contribution in [-0.2, 0) is 9.53 Å². The van der Waals surface area contributed by atoms with Crippen LogP contribution in [0.25, 0.3) is 0 Å². The van der Waals surface area contributed by atoms with Crippen molar-refractivity contribution in [1.29, 1.82) is 0 Å². The highest BCUT2D eigenvalue weighted by Crippen LogP contribution is 2.32. The Balaban J connectivity index is 2.05. The summed E-state index contributed by atoms with van der Waals surface area (Å²) in [6, 6.07) is 7.06. The highest BCUT2D eigenvalue weighted by molar-refractivity contribution is 5.79. The first-order valence-electron chi connectivity index (χ1n) is 9.81. The number of para-hydroxylation sites is 2. The first kappa shape index (κ1) is 21.2. The number of nitrogens with zero attached hydrogens (tertiary/aromatic N) is 3. The van der Waals surface area contributed by atoms with E-state index in [1.54, 1.807) is 19.2 Å². The monoisotopic (exact) mass is 377 g/mol. The van der Waals surface area contributed by atoms with Gasteiger partial charge in [0.15, 0.2) is 0 Å². The molecule has 0 atom stereocenters. The highest BCUT2D eigenvalue weighted by atomic mass is 16.6. The Kier molecular flexibility index (Phi) is 8.03. The van der Waals surface area contributed by atoms with Gasteiger partial charge in [0.05, 0.1) is 11.5 Å². The van der Waals surface area contributed by atoms with Crippen molar-refractivity contribution in [3.63, 3.8) is 0 Å². The SMILES string of the molecule is CCC(CC)N(CCOC)C(=O)C1CCN(c2ccccc2[N+](=O)[O-])CC1. The number of rotatable bonds is 9. The molecule has 1 saturated heterocycles. The molecule has 0 unspecified atom stereocenters. The Morgan fingerprint density at radius 3 is 2.48 bits per heavy atom. The number of anilines is 1. The van der Waals surface area contributed by atoms with Gasteiger partial charge in [-0.05, 0) is 31.7 Å². The molecule has 1 aromatic rings. The van der Waals surface area contributed by atoms with Crippen molar-refractivity contribution in [3.8, 4) is 0 Å². The lowest BCUT2D eigenvalue weighted by Crippen LogP contribution is -2.47. The van der Waals surface area contributed by atoms with Gasteiger partial charge in [0, 0.05) is 44.8 Å². The Hall–Kier alpha value is -2.15. The van der Waals surface area contributed by atoms with Crippen molar-refractivity contribution in [2.75, 3.05) is 38.3 Å². The molecule has 7 heteroatoms. The standard InChI is InChI=1S/C20H31N3O4/c1-4-17(5-2)22(14-15-27-3)20(24)16-10-12-21(13-11-16)18-8-6-7-9-19(18)23(25)26/h6-9,16-17H,4-5,10-15H2,1-3H3. The highest BCUT2D eigenvalue weighted by Gasteiger charge is 2.32. The van der Waals surface area contributed by atoms with Gasteiger partial charge in [-0.1, -0.05) is 26.0 Å². The number of amides is 1. The normalized spacial score (nSPS) is 15.2. The van der Waals surface area contributed by atoms with Gasteiger partial charge in [0.25, 0.3) is 5.69 Å². The summed E-state index contributed by atoms with van der Waals surface area (Å²) in [4.78, 5) is 28.1.